The summed E-state index contributed by atoms with van der Waals surface area (Å²) in [7, 11) is 2.04. The SMILES string of the molecule is CN(Cc1ccsc1)c1cc(NN)nc(C2CC2)n1. The molecule has 1 saturated carbocycles. The maximum atomic E-state index is 5.49. The van der Waals surface area contributed by atoms with E-state index in [1.165, 1.54) is 18.4 Å². The van der Waals surface area contributed by atoms with Crippen molar-refractivity contribution in [2.24, 2.45) is 5.84 Å². The van der Waals surface area contributed by atoms with Crippen LogP contribution < -0.4 is 16.2 Å². The van der Waals surface area contributed by atoms with Crippen LogP contribution in [0.3, 0.4) is 0 Å². The van der Waals surface area contributed by atoms with Gasteiger partial charge in [0.2, 0.25) is 0 Å². The zero-order valence-corrected chi connectivity index (χ0v) is 11.7. The fourth-order valence-corrected chi connectivity index (χ4v) is 2.64. The number of hydrogen-bond donors (Lipinski definition) is 2. The van der Waals surface area contributed by atoms with Gasteiger partial charge in [0.05, 0.1) is 0 Å². The first-order valence-corrected chi connectivity index (χ1v) is 7.28. The molecule has 1 aliphatic carbocycles. The van der Waals surface area contributed by atoms with Crippen molar-refractivity contribution in [2.45, 2.75) is 25.3 Å². The molecule has 0 bridgehead atoms. The third kappa shape index (κ3) is 2.85. The van der Waals surface area contributed by atoms with Gasteiger partial charge in [-0.15, -0.1) is 0 Å². The zero-order valence-electron chi connectivity index (χ0n) is 10.8. The maximum Gasteiger partial charge on any atom is 0.145 e. The number of nitrogen functional groups attached to an aromatic ring is 1. The molecule has 0 aliphatic heterocycles. The van der Waals surface area contributed by atoms with E-state index in [-0.39, 0.29) is 0 Å². The van der Waals surface area contributed by atoms with Crippen LogP contribution in [0.5, 0.6) is 0 Å². The van der Waals surface area contributed by atoms with Crippen LogP contribution >= 0.6 is 11.3 Å². The van der Waals surface area contributed by atoms with Gasteiger partial charge in [-0.1, -0.05) is 0 Å². The summed E-state index contributed by atoms with van der Waals surface area (Å²) < 4.78 is 0. The van der Waals surface area contributed by atoms with E-state index in [9.17, 15) is 0 Å². The maximum absolute atomic E-state index is 5.49. The Balaban J connectivity index is 1.83. The largest absolute Gasteiger partial charge is 0.355 e. The van der Waals surface area contributed by atoms with E-state index >= 15 is 0 Å². The summed E-state index contributed by atoms with van der Waals surface area (Å²) in [6.07, 6.45) is 2.36. The lowest BCUT2D eigenvalue weighted by Crippen LogP contribution is -2.19. The van der Waals surface area contributed by atoms with E-state index in [2.05, 4.69) is 37.1 Å². The highest BCUT2D eigenvalue weighted by molar-refractivity contribution is 7.07. The number of nitrogens with one attached hydrogen (secondary N) is 1. The number of nitrogens with two attached hydrogens (primary N) is 1. The lowest BCUT2D eigenvalue weighted by Gasteiger charge is -2.19. The van der Waals surface area contributed by atoms with Crippen LogP contribution in [0.1, 0.15) is 30.1 Å². The Bertz CT molecular complexity index is 550. The fraction of sp³-hybridized carbons (Fsp3) is 0.385. The Morgan fingerprint density at radius 3 is 2.95 bits per heavy atom. The number of aromatic nitrogens is 2. The van der Waals surface area contributed by atoms with E-state index in [4.69, 9.17) is 5.84 Å². The smallest absolute Gasteiger partial charge is 0.145 e. The van der Waals surface area contributed by atoms with Crippen LogP contribution in [0, 0.1) is 0 Å². The molecule has 1 aliphatic rings. The van der Waals surface area contributed by atoms with Crippen molar-refractivity contribution in [1.82, 2.24) is 9.97 Å². The molecule has 3 N–H and O–H groups in total. The van der Waals surface area contributed by atoms with E-state index in [1.54, 1.807) is 11.3 Å². The molecule has 3 rings (SSSR count). The Morgan fingerprint density at radius 1 is 1.47 bits per heavy atom. The Morgan fingerprint density at radius 2 is 2.32 bits per heavy atom. The highest BCUT2D eigenvalue weighted by Gasteiger charge is 2.27. The number of thiophene rings is 1. The van der Waals surface area contributed by atoms with Gasteiger partial charge in [0, 0.05) is 25.6 Å². The second kappa shape index (κ2) is 5.14. The van der Waals surface area contributed by atoms with Crippen LogP contribution in [0.15, 0.2) is 22.9 Å². The highest BCUT2D eigenvalue weighted by Crippen LogP contribution is 2.39. The number of hydrogen-bond acceptors (Lipinski definition) is 6. The standard InChI is InChI=1S/C13H17N5S/c1-18(7-9-4-5-19-8-9)12-6-11(17-14)15-13(16-12)10-2-3-10/h4-6,8,10H,2-3,7,14H2,1H3,(H,15,16,17). The summed E-state index contributed by atoms with van der Waals surface area (Å²) in [4.78, 5) is 11.2. The zero-order chi connectivity index (χ0) is 13.2. The van der Waals surface area contributed by atoms with Gasteiger partial charge in [-0.05, 0) is 35.2 Å². The molecular formula is C13H17N5S. The Labute approximate surface area is 116 Å². The monoisotopic (exact) mass is 275 g/mol. The predicted molar refractivity (Wildman–Crippen MR) is 78.2 cm³/mol. The minimum Gasteiger partial charge on any atom is -0.355 e. The topological polar surface area (TPSA) is 67.1 Å². The number of rotatable bonds is 5. The van der Waals surface area contributed by atoms with Gasteiger partial charge in [0.1, 0.15) is 17.5 Å². The van der Waals surface area contributed by atoms with Gasteiger partial charge in [-0.2, -0.15) is 11.3 Å². The van der Waals surface area contributed by atoms with Crippen LogP contribution in [0.2, 0.25) is 0 Å². The molecule has 0 unspecified atom stereocenters. The molecule has 19 heavy (non-hydrogen) atoms. The molecule has 0 amide bonds. The highest BCUT2D eigenvalue weighted by atomic mass is 32.1. The molecule has 0 saturated heterocycles. The lowest BCUT2D eigenvalue weighted by atomic mass is 10.3. The first kappa shape index (κ1) is 12.4. The fourth-order valence-electron chi connectivity index (χ4n) is 1.98. The number of nitrogens with zero attached hydrogens (tertiary/aromatic N) is 3. The first-order chi connectivity index (χ1) is 9.26. The minimum atomic E-state index is 0.515. The molecule has 5 nitrogen and oxygen atoms in total. The van der Waals surface area contributed by atoms with Crippen molar-refractivity contribution < 1.29 is 0 Å². The lowest BCUT2D eigenvalue weighted by molar-refractivity contribution is 0.856. The summed E-state index contributed by atoms with van der Waals surface area (Å²) in [6.45, 7) is 0.842. The van der Waals surface area contributed by atoms with Gasteiger partial charge in [0.25, 0.3) is 0 Å². The quantitative estimate of drug-likeness (QED) is 0.647. The molecule has 2 heterocycles. The van der Waals surface area contributed by atoms with Crippen molar-refractivity contribution >= 4 is 23.0 Å². The summed E-state index contributed by atoms with van der Waals surface area (Å²) in [5, 5.41) is 4.24. The summed E-state index contributed by atoms with van der Waals surface area (Å²) in [6, 6.07) is 4.02. The molecule has 0 aromatic carbocycles. The van der Waals surface area contributed by atoms with Crippen molar-refractivity contribution in [1.29, 1.82) is 0 Å². The van der Waals surface area contributed by atoms with Crippen molar-refractivity contribution in [3.05, 3.63) is 34.3 Å². The molecular weight excluding hydrogens is 258 g/mol. The van der Waals surface area contributed by atoms with Crippen molar-refractivity contribution in [3.8, 4) is 0 Å². The minimum absolute atomic E-state index is 0.515. The van der Waals surface area contributed by atoms with Gasteiger partial charge >= 0.3 is 0 Å². The molecule has 0 atom stereocenters. The van der Waals surface area contributed by atoms with E-state index in [1.807, 2.05) is 13.1 Å². The normalized spacial score (nSPS) is 14.4. The summed E-state index contributed by atoms with van der Waals surface area (Å²) in [5.74, 6) is 8.51. The van der Waals surface area contributed by atoms with E-state index in [0.717, 1.165) is 18.2 Å². The van der Waals surface area contributed by atoms with Gasteiger partial charge in [-0.3, -0.25) is 0 Å². The average molecular weight is 275 g/mol. The van der Waals surface area contributed by atoms with Crippen molar-refractivity contribution in [2.75, 3.05) is 17.4 Å². The molecule has 100 valence electrons. The summed E-state index contributed by atoms with van der Waals surface area (Å²) in [5.41, 5.74) is 3.92. The predicted octanol–water partition coefficient (Wildman–Crippen LogP) is 2.34. The first-order valence-electron chi connectivity index (χ1n) is 6.34. The Hall–Kier alpha value is -1.66. The van der Waals surface area contributed by atoms with Crippen LogP contribution in [0.25, 0.3) is 0 Å². The van der Waals surface area contributed by atoms with Crippen LogP contribution in [-0.4, -0.2) is 17.0 Å². The molecule has 1 fully saturated rings. The van der Waals surface area contributed by atoms with E-state index < -0.39 is 0 Å². The molecule has 2 aromatic heterocycles. The van der Waals surface area contributed by atoms with Crippen LogP contribution in [0.4, 0.5) is 11.6 Å². The summed E-state index contributed by atoms with van der Waals surface area (Å²) >= 11 is 1.71. The molecule has 2 aromatic rings. The van der Waals surface area contributed by atoms with Gasteiger partial charge < -0.3 is 10.3 Å². The molecule has 0 radical (unpaired) electrons. The van der Waals surface area contributed by atoms with Gasteiger partial charge in [-0.25, -0.2) is 15.8 Å². The number of hydrazine groups is 1. The van der Waals surface area contributed by atoms with E-state index in [0.29, 0.717) is 11.7 Å². The molecule has 6 heteroatoms. The average Bonchev–Trinajstić information content (AvgIpc) is 3.17. The van der Waals surface area contributed by atoms with Crippen molar-refractivity contribution in [3.63, 3.8) is 0 Å². The van der Waals surface area contributed by atoms with Gasteiger partial charge in [0.15, 0.2) is 0 Å². The molecule has 0 spiro atoms. The Kier molecular flexibility index (Phi) is 3.35. The van der Waals surface area contributed by atoms with Crippen LogP contribution in [-0.2, 0) is 6.54 Å². The third-order valence-corrected chi connectivity index (χ3v) is 3.94. The second-order valence-electron chi connectivity index (χ2n) is 4.88. The number of anilines is 2. The second-order valence-corrected chi connectivity index (χ2v) is 5.66. The third-order valence-electron chi connectivity index (χ3n) is 3.21.